The second-order valence-electron chi connectivity index (χ2n) is 5.55. The molecule has 2 rings (SSSR count). The molecule has 25 heavy (non-hydrogen) atoms. The summed E-state index contributed by atoms with van der Waals surface area (Å²) in [5.41, 5.74) is 2.54. The second kappa shape index (κ2) is 7.34. The number of hydrogen-bond acceptors (Lipinski definition) is 6. The second-order valence-corrected chi connectivity index (χ2v) is 8.25. The minimum Gasteiger partial charge on any atom is -0.449 e. The van der Waals surface area contributed by atoms with E-state index >= 15 is 0 Å². The summed E-state index contributed by atoms with van der Waals surface area (Å²) < 4.78 is 27.4. The Kier molecular flexibility index (Phi) is 5.61. The Morgan fingerprint density at radius 2 is 1.92 bits per heavy atom. The van der Waals surface area contributed by atoms with Gasteiger partial charge in [-0.15, -0.1) is 11.3 Å². The first-order valence-electron chi connectivity index (χ1n) is 7.28. The molecule has 1 heterocycles. The van der Waals surface area contributed by atoms with Crippen LogP contribution >= 0.6 is 11.3 Å². The maximum Gasteiger partial charge on any atom is 0.339 e. The number of esters is 1. The Balaban J connectivity index is 2.04. The lowest BCUT2D eigenvalue weighted by Gasteiger charge is -2.14. The molecule has 1 aromatic carbocycles. The molecule has 3 N–H and O–H groups in total. The Morgan fingerprint density at radius 1 is 1.24 bits per heavy atom. The molecule has 0 saturated heterocycles. The fourth-order valence-corrected chi connectivity index (χ4v) is 3.53. The first-order chi connectivity index (χ1) is 11.6. The number of benzene rings is 1. The van der Waals surface area contributed by atoms with E-state index in [1.165, 1.54) is 12.3 Å². The highest BCUT2D eigenvalue weighted by Crippen LogP contribution is 2.20. The number of sulfonamides is 1. The minimum atomic E-state index is -3.88. The molecule has 0 aliphatic carbocycles. The Labute approximate surface area is 149 Å². The molecule has 1 amide bonds. The van der Waals surface area contributed by atoms with Crippen LogP contribution in [0.1, 0.15) is 28.4 Å². The molecule has 0 fully saturated rings. The van der Waals surface area contributed by atoms with E-state index in [0.29, 0.717) is 5.69 Å². The molecule has 1 atom stereocenters. The Bertz CT molecular complexity index is 918. The van der Waals surface area contributed by atoms with Crippen LogP contribution in [0.25, 0.3) is 0 Å². The number of nitrogens with one attached hydrogen (secondary N) is 1. The zero-order valence-electron chi connectivity index (χ0n) is 13.9. The molecule has 9 heteroatoms. The van der Waals surface area contributed by atoms with Crippen molar-refractivity contribution >= 4 is 38.9 Å². The summed E-state index contributed by atoms with van der Waals surface area (Å²) in [6, 6.07) is 6.74. The maximum atomic E-state index is 12.2. The van der Waals surface area contributed by atoms with Gasteiger partial charge in [-0.25, -0.2) is 18.4 Å². The number of ether oxygens (including phenoxy) is 1. The molecule has 0 spiro atoms. The molecule has 0 bridgehead atoms. The number of primary sulfonamides is 1. The maximum absolute atomic E-state index is 12.2. The molecule has 134 valence electrons. The average Bonchev–Trinajstić information content (AvgIpc) is 3.01. The van der Waals surface area contributed by atoms with Crippen LogP contribution in [0.2, 0.25) is 0 Å². The van der Waals surface area contributed by atoms with Crippen molar-refractivity contribution < 1.29 is 22.7 Å². The van der Waals surface area contributed by atoms with Crippen molar-refractivity contribution in [1.29, 1.82) is 0 Å². The van der Waals surface area contributed by atoms with Gasteiger partial charge in [0.05, 0.1) is 5.56 Å². The molecule has 1 aromatic heterocycles. The van der Waals surface area contributed by atoms with Crippen molar-refractivity contribution in [1.82, 2.24) is 0 Å². The Hall–Kier alpha value is -2.23. The van der Waals surface area contributed by atoms with Gasteiger partial charge >= 0.3 is 5.97 Å². The Morgan fingerprint density at radius 3 is 2.52 bits per heavy atom. The minimum absolute atomic E-state index is 0.0282. The third-order valence-electron chi connectivity index (χ3n) is 3.40. The van der Waals surface area contributed by atoms with Crippen molar-refractivity contribution in [3.8, 4) is 0 Å². The fraction of sp³-hybridized carbons (Fsp3) is 0.250. The predicted molar refractivity (Wildman–Crippen MR) is 95.1 cm³/mol. The molecule has 0 aliphatic rings. The van der Waals surface area contributed by atoms with Crippen LogP contribution in [-0.4, -0.2) is 26.4 Å². The standard InChI is InChI=1S/C16H18N2O5S2/c1-9-4-5-10(2)13(6-9)18-15(19)11(3)23-16(20)12-7-14(24-8-12)25(17,21)22/h4-8,11H,1-3H3,(H,18,19)(H2,17,21,22). The topological polar surface area (TPSA) is 116 Å². The number of carbonyl (C=O) groups is 2. The highest BCUT2D eigenvalue weighted by atomic mass is 32.2. The van der Waals surface area contributed by atoms with Crippen molar-refractivity contribution in [2.75, 3.05) is 5.32 Å². The molecule has 0 saturated carbocycles. The molecular weight excluding hydrogens is 364 g/mol. The average molecular weight is 382 g/mol. The monoisotopic (exact) mass is 382 g/mol. The van der Waals surface area contributed by atoms with Crippen LogP contribution < -0.4 is 10.5 Å². The van der Waals surface area contributed by atoms with Gasteiger partial charge in [-0.2, -0.15) is 0 Å². The summed E-state index contributed by atoms with van der Waals surface area (Å²) in [4.78, 5) is 24.2. The van der Waals surface area contributed by atoms with Gasteiger partial charge < -0.3 is 10.1 Å². The number of amides is 1. The first kappa shape index (κ1) is 19.1. The molecular formula is C16H18N2O5S2. The van der Waals surface area contributed by atoms with Gasteiger partial charge in [-0.05, 0) is 44.0 Å². The number of thiophene rings is 1. The number of nitrogens with two attached hydrogens (primary N) is 1. The highest BCUT2D eigenvalue weighted by Gasteiger charge is 2.22. The highest BCUT2D eigenvalue weighted by molar-refractivity contribution is 7.91. The molecule has 1 unspecified atom stereocenters. The zero-order valence-corrected chi connectivity index (χ0v) is 15.5. The van der Waals surface area contributed by atoms with E-state index in [0.717, 1.165) is 28.5 Å². The smallest absolute Gasteiger partial charge is 0.339 e. The largest absolute Gasteiger partial charge is 0.449 e. The SMILES string of the molecule is Cc1ccc(C)c(NC(=O)C(C)OC(=O)c2csc(S(N)(=O)=O)c2)c1. The first-order valence-corrected chi connectivity index (χ1v) is 9.71. The van der Waals surface area contributed by atoms with Gasteiger partial charge in [0.25, 0.3) is 5.91 Å². The third kappa shape index (κ3) is 4.88. The van der Waals surface area contributed by atoms with Gasteiger partial charge in [0.2, 0.25) is 10.0 Å². The molecule has 2 aromatic rings. The third-order valence-corrected chi connectivity index (χ3v) is 5.78. The summed E-state index contributed by atoms with van der Waals surface area (Å²) in [5, 5.41) is 9.02. The normalized spacial score (nSPS) is 12.5. The van der Waals surface area contributed by atoms with E-state index in [-0.39, 0.29) is 9.77 Å². The van der Waals surface area contributed by atoms with Gasteiger partial charge in [-0.1, -0.05) is 12.1 Å². The number of rotatable bonds is 5. The van der Waals surface area contributed by atoms with Crippen molar-refractivity contribution in [3.05, 3.63) is 46.3 Å². The van der Waals surface area contributed by atoms with Crippen molar-refractivity contribution in [3.63, 3.8) is 0 Å². The number of carbonyl (C=O) groups excluding carboxylic acids is 2. The van der Waals surface area contributed by atoms with Crippen molar-refractivity contribution in [2.45, 2.75) is 31.1 Å². The van der Waals surface area contributed by atoms with Crippen LogP contribution in [0.3, 0.4) is 0 Å². The van der Waals surface area contributed by atoms with E-state index < -0.39 is 28.0 Å². The summed E-state index contributed by atoms with van der Waals surface area (Å²) in [5.74, 6) is -1.28. The van der Waals surface area contributed by atoms with E-state index in [2.05, 4.69) is 5.32 Å². The predicted octanol–water partition coefficient (Wildman–Crippen LogP) is 2.20. The van der Waals surface area contributed by atoms with E-state index in [1.54, 1.807) is 0 Å². The number of anilines is 1. The van der Waals surface area contributed by atoms with Crippen LogP contribution in [0.5, 0.6) is 0 Å². The van der Waals surface area contributed by atoms with E-state index in [9.17, 15) is 18.0 Å². The summed E-state index contributed by atoms with van der Waals surface area (Å²) in [6.45, 7) is 5.19. The van der Waals surface area contributed by atoms with Crippen LogP contribution in [0.4, 0.5) is 5.69 Å². The lowest BCUT2D eigenvalue weighted by molar-refractivity contribution is -0.123. The molecule has 0 radical (unpaired) electrons. The summed E-state index contributed by atoms with van der Waals surface area (Å²) >= 11 is 0.812. The van der Waals surface area contributed by atoms with Gasteiger partial charge in [0, 0.05) is 11.1 Å². The van der Waals surface area contributed by atoms with E-state index in [4.69, 9.17) is 9.88 Å². The quantitative estimate of drug-likeness (QED) is 0.769. The summed E-state index contributed by atoms with van der Waals surface area (Å²) in [6.07, 6.45) is -1.05. The van der Waals surface area contributed by atoms with E-state index in [1.807, 2.05) is 32.0 Å². The summed E-state index contributed by atoms with van der Waals surface area (Å²) in [7, 11) is -3.88. The molecule has 0 aliphatic heterocycles. The van der Waals surface area contributed by atoms with Crippen LogP contribution in [-0.2, 0) is 19.6 Å². The zero-order chi connectivity index (χ0) is 18.8. The van der Waals surface area contributed by atoms with Crippen molar-refractivity contribution in [2.24, 2.45) is 5.14 Å². The van der Waals surface area contributed by atoms with Crippen LogP contribution in [0, 0.1) is 13.8 Å². The molecule has 7 nitrogen and oxygen atoms in total. The lowest BCUT2D eigenvalue weighted by Crippen LogP contribution is -2.30. The number of hydrogen-bond donors (Lipinski definition) is 2. The fourth-order valence-electron chi connectivity index (χ4n) is 1.96. The van der Waals surface area contributed by atoms with Crippen LogP contribution in [0.15, 0.2) is 33.9 Å². The number of aryl methyl sites for hydroxylation is 2. The van der Waals surface area contributed by atoms with Gasteiger partial charge in [0.1, 0.15) is 4.21 Å². The van der Waals surface area contributed by atoms with Gasteiger partial charge in [0.15, 0.2) is 6.10 Å². The lowest BCUT2D eigenvalue weighted by atomic mass is 10.1. The van der Waals surface area contributed by atoms with Gasteiger partial charge in [-0.3, -0.25) is 4.79 Å².